The molecule has 44 heavy (non-hydrogen) atoms. The topological polar surface area (TPSA) is 232 Å². The maximum atomic E-state index is 15.1. The molecule has 2 aliphatic heterocycles. The van der Waals surface area contributed by atoms with Crippen LogP contribution in [0.15, 0.2) is 12.1 Å². The fraction of sp³-hybridized carbons (Fsp3) is 0.292. The Morgan fingerprint density at radius 1 is 1.11 bits per heavy atom. The lowest BCUT2D eigenvalue weighted by Crippen LogP contribution is -2.60. The highest BCUT2D eigenvalue weighted by molar-refractivity contribution is 6.47. The average Bonchev–Trinajstić information content (AvgIpc) is 2.97. The Hall–Kier alpha value is -4.75. The maximum absolute atomic E-state index is 15.1. The van der Waals surface area contributed by atoms with Crippen LogP contribution in [-0.4, -0.2) is 99.1 Å². The number of carboxylic acid groups (broad SMARTS) is 1. The number of urea groups is 1. The zero-order chi connectivity index (χ0) is 32.6. The van der Waals surface area contributed by atoms with Gasteiger partial charge < -0.3 is 46.3 Å². The molecule has 234 valence electrons. The van der Waals surface area contributed by atoms with Crippen molar-refractivity contribution in [3.05, 3.63) is 51.3 Å². The molecule has 1 fully saturated rings. The van der Waals surface area contributed by atoms with E-state index in [0.717, 1.165) is 17.0 Å². The van der Waals surface area contributed by atoms with Gasteiger partial charge in [-0.25, -0.2) is 18.4 Å². The molecule has 0 aliphatic carbocycles. The van der Waals surface area contributed by atoms with Crippen molar-refractivity contribution in [3.8, 4) is 17.2 Å². The summed E-state index contributed by atoms with van der Waals surface area (Å²) in [6.07, 6.45) is -0.398. The standard InChI is InChI=1S/C24H22BClF3N5O10/c26-13-12(14(28)15(29)18(36)17(13)35)16(32-24(42)34-6-5-33(4-3-30)21(38)22(34)39)20(37)31-10-7-8-1-2-9(27)11(23(40)41)19(8)44-25(10)43/h1-2,10,16,35-36,43H,3-7,30H2,(H,31,37)(H,32,42)(H,40,41). The predicted octanol–water partition coefficient (Wildman–Crippen LogP) is -0.613. The van der Waals surface area contributed by atoms with Crippen LogP contribution in [0, 0.1) is 17.5 Å². The number of hydrogen-bond acceptors (Lipinski definition) is 10. The first-order valence-electron chi connectivity index (χ1n) is 12.6. The molecule has 2 unspecified atom stereocenters. The second kappa shape index (κ2) is 12.5. The van der Waals surface area contributed by atoms with Gasteiger partial charge in [-0.1, -0.05) is 17.7 Å². The molecule has 1 saturated heterocycles. The van der Waals surface area contributed by atoms with Crippen LogP contribution in [0.1, 0.15) is 27.5 Å². The third kappa shape index (κ3) is 5.75. The Labute approximate surface area is 250 Å². The van der Waals surface area contributed by atoms with Crippen molar-refractivity contribution in [1.82, 2.24) is 20.4 Å². The number of imide groups is 1. The molecule has 0 aromatic heterocycles. The van der Waals surface area contributed by atoms with Gasteiger partial charge in [-0.15, -0.1) is 0 Å². The Bertz CT molecular complexity index is 1550. The van der Waals surface area contributed by atoms with Gasteiger partial charge in [0.1, 0.15) is 23.2 Å². The first kappa shape index (κ1) is 32.2. The molecule has 2 aromatic carbocycles. The number of aromatic carboxylic acids is 1. The number of carbonyl (C=O) groups excluding carboxylic acids is 4. The van der Waals surface area contributed by atoms with Gasteiger partial charge in [0.25, 0.3) is 0 Å². The highest BCUT2D eigenvalue weighted by Gasteiger charge is 2.43. The Morgan fingerprint density at radius 3 is 2.43 bits per heavy atom. The van der Waals surface area contributed by atoms with Crippen LogP contribution in [0.3, 0.4) is 0 Å². The van der Waals surface area contributed by atoms with E-state index in [1.807, 2.05) is 5.32 Å². The average molecular weight is 644 g/mol. The molecule has 15 nitrogen and oxygen atoms in total. The zero-order valence-corrected chi connectivity index (χ0v) is 22.9. The van der Waals surface area contributed by atoms with Gasteiger partial charge in [-0.05, 0) is 18.1 Å². The minimum absolute atomic E-state index is 0.00649. The van der Waals surface area contributed by atoms with Crippen molar-refractivity contribution in [2.45, 2.75) is 18.4 Å². The lowest BCUT2D eigenvalue weighted by Gasteiger charge is -2.34. The second-order valence-electron chi connectivity index (χ2n) is 9.52. The van der Waals surface area contributed by atoms with Crippen molar-refractivity contribution < 1.29 is 62.1 Å². The lowest BCUT2D eigenvalue weighted by atomic mass is 9.72. The van der Waals surface area contributed by atoms with E-state index >= 15 is 4.39 Å². The Balaban J connectivity index is 1.68. The molecule has 2 atom stereocenters. The van der Waals surface area contributed by atoms with Crippen LogP contribution in [0.4, 0.5) is 18.0 Å². The molecule has 2 aliphatic rings. The van der Waals surface area contributed by atoms with Gasteiger partial charge in [0.05, 0.1) is 11.0 Å². The smallest absolute Gasteiger partial charge is 0.534 e. The number of piperazine rings is 1. The van der Waals surface area contributed by atoms with Gasteiger partial charge in [0.15, 0.2) is 17.3 Å². The summed E-state index contributed by atoms with van der Waals surface area (Å²) in [4.78, 5) is 64.5. The number of halogens is 4. The van der Waals surface area contributed by atoms with E-state index in [1.165, 1.54) is 0 Å². The lowest BCUT2D eigenvalue weighted by molar-refractivity contribution is -0.153. The number of fused-ring (bicyclic) bond motifs is 1. The molecule has 2 aromatic rings. The van der Waals surface area contributed by atoms with Gasteiger partial charge in [-0.3, -0.25) is 19.3 Å². The normalized spacial score (nSPS) is 17.1. The minimum atomic E-state index is -2.39. The number of amides is 5. The number of phenolic OH excluding ortho intramolecular Hbond substituents is 2. The van der Waals surface area contributed by atoms with E-state index in [1.54, 1.807) is 0 Å². The number of hydrogen-bond donors (Lipinski definition) is 7. The monoisotopic (exact) mass is 643 g/mol. The maximum Gasteiger partial charge on any atom is 0.547 e. The number of nitrogens with one attached hydrogen (secondary N) is 2. The van der Waals surface area contributed by atoms with Crippen molar-refractivity contribution in [3.63, 3.8) is 0 Å². The van der Waals surface area contributed by atoms with Crippen LogP contribution in [0.25, 0.3) is 0 Å². The number of aromatic hydroxyl groups is 2. The highest BCUT2D eigenvalue weighted by atomic mass is 35.5. The van der Waals surface area contributed by atoms with Crippen LogP contribution < -0.4 is 21.0 Å². The van der Waals surface area contributed by atoms with E-state index in [-0.39, 0.29) is 25.2 Å². The largest absolute Gasteiger partial charge is 0.547 e. The summed E-state index contributed by atoms with van der Waals surface area (Å²) in [5.41, 5.74) is 3.30. The number of nitrogens with zero attached hydrogens (tertiary/aromatic N) is 2. The van der Waals surface area contributed by atoms with E-state index in [2.05, 4.69) is 5.32 Å². The quantitative estimate of drug-likeness (QED) is 0.0870. The van der Waals surface area contributed by atoms with Crippen LogP contribution in [0.5, 0.6) is 17.2 Å². The first-order valence-corrected chi connectivity index (χ1v) is 13.0. The van der Waals surface area contributed by atoms with Crippen molar-refractivity contribution in [1.29, 1.82) is 0 Å². The van der Waals surface area contributed by atoms with Crippen molar-refractivity contribution in [2.24, 2.45) is 5.73 Å². The third-order valence-corrected chi connectivity index (χ3v) is 7.21. The molecular weight excluding hydrogens is 622 g/mol. The molecule has 4 rings (SSSR count). The summed E-state index contributed by atoms with van der Waals surface area (Å²) in [5, 5.41) is 42.5. The first-order chi connectivity index (χ1) is 20.7. The Kier molecular flexibility index (Phi) is 9.12. The minimum Gasteiger partial charge on any atom is -0.534 e. The molecule has 0 saturated carbocycles. The molecule has 0 spiro atoms. The summed E-state index contributed by atoms with van der Waals surface area (Å²) < 4.78 is 48.8. The molecule has 0 radical (unpaired) electrons. The number of nitrogens with two attached hydrogens (primary N) is 1. The summed E-state index contributed by atoms with van der Waals surface area (Å²) in [6, 6.07) is -1.93. The van der Waals surface area contributed by atoms with Crippen molar-refractivity contribution >= 4 is 48.4 Å². The predicted molar refractivity (Wildman–Crippen MR) is 141 cm³/mol. The fourth-order valence-corrected chi connectivity index (χ4v) is 4.92. The number of rotatable bonds is 7. The summed E-state index contributed by atoms with van der Waals surface area (Å²) in [7, 11) is -2.04. The fourth-order valence-electron chi connectivity index (χ4n) is 4.64. The number of benzene rings is 2. The van der Waals surface area contributed by atoms with Crippen LogP contribution >= 0.6 is 11.6 Å². The van der Waals surface area contributed by atoms with E-state index in [4.69, 9.17) is 22.0 Å². The van der Waals surface area contributed by atoms with Crippen LogP contribution in [-0.2, 0) is 20.8 Å². The van der Waals surface area contributed by atoms with Gasteiger partial charge in [0.2, 0.25) is 11.7 Å². The summed E-state index contributed by atoms with van der Waals surface area (Å²) >= 11 is 5.92. The molecule has 0 bridgehead atoms. The highest BCUT2D eigenvalue weighted by Crippen LogP contribution is 2.42. The van der Waals surface area contributed by atoms with Gasteiger partial charge >= 0.3 is 30.9 Å². The molecule has 8 N–H and O–H groups in total. The van der Waals surface area contributed by atoms with Gasteiger partial charge in [-0.2, -0.15) is 4.39 Å². The van der Waals surface area contributed by atoms with E-state index < -0.39 is 113 Å². The van der Waals surface area contributed by atoms with E-state index in [9.17, 15) is 53.1 Å². The molecular formula is C24H22BClF3N5O10. The molecule has 2 heterocycles. The summed E-state index contributed by atoms with van der Waals surface area (Å²) in [5.74, 6) is -15.9. The SMILES string of the molecule is NCCN1CCN(C(=O)NC(C(=O)NC2Cc3ccc(F)c(C(=O)O)c3OB2O)c2c(F)c(F)c(O)c(O)c2Cl)C(=O)C1=O. The van der Waals surface area contributed by atoms with Crippen molar-refractivity contribution in [2.75, 3.05) is 26.2 Å². The molecule has 5 amide bonds. The molecule has 20 heteroatoms. The van der Waals surface area contributed by atoms with E-state index in [0.29, 0.717) is 4.90 Å². The Morgan fingerprint density at radius 2 is 1.80 bits per heavy atom. The number of carbonyl (C=O) groups is 5. The zero-order valence-electron chi connectivity index (χ0n) is 22.1. The number of carboxylic acids is 1. The number of phenols is 2. The summed E-state index contributed by atoms with van der Waals surface area (Å²) in [6.45, 7) is -0.549. The third-order valence-electron chi connectivity index (χ3n) is 6.83. The van der Waals surface area contributed by atoms with Crippen LogP contribution in [0.2, 0.25) is 5.02 Å². The second-order valence-corrected chi connectivity index (χ2v) is 9.89. The van der Waals surface area contributed by atoms with Gasteiger partial charge in [0, 0.05) is 31.7 Å².